The Kier molecular flexibility index (Phi) is 13.9. The van der Waals surface area contributed by atoms with Crippen LogP contribution in [0.3, 0.4) is 0 Å². The van der Waals surface area contributed by atoms with Crippen molar-refractivity contribution in [3.8, 4) is 0 Å². The van der Waals surface area contributed by atoms with E-state index in [-0.39, 0.29) is 24.0 Å². The molecule has 2 N–H and O–H groups in total. The van der Waals surface area contributed by atoms with Crippen LogP contribution in [0.1, 0.15) is 65.7 Å². The Labute approximate surface area is 178 Å². The van der Waals surface area contributed by atoms with Crippen molar-refractivity contribution in [3.63, 3.8) is 0 Å². The van der Waals surface area contributed by atoms with Crippen molar-refractivity contribution in [2.75, 3.05) is 32.4 Å². The van der Waals surface area contributed by atoms with E-state index < -0.39 is 10.0 Å². The van der Waals surface area contributed by atoms with Gasteiger partial charge in [0.1, 0.15) is 0 Å². The van der Waals surface area contributed by atoms with E-state index in [1.54, 1.807) is 4.31 Å². The first-order valence-corrected chi connectivity index (χ1v) is 11.7. The molecule has 0 aromatic carbocycles. The van der Waals surface area contributed by atoms with Gasteiger partial charge in [-0.25, -0.2) is 12.7 Å². The quantitative estimate of drug-likeness (QED) is 0.208. The molecule has 6 nitrogen and oxygen atoms in total. The molecule has 1 rings (SSSR count). The second-order valence-corrected chi connectivity index (χ2v) is 9.20. The van der Waals surface area contributed by atoms with Crippen LogP contribution in [0.5, 0.6) is 0 Å². The van der Waals surface area contributed by atoms with Gasteiger partial charge in [0.25, 0.3) is 0 Å². The van der Waals surface area contributed by atoms with Gasteiger partial charge in [-0.05, 0) is 39.0 Å². The van der Waals surface area contributed by atoms with E-state index in [2.05, 4.69) is 31.4 Å². The maximum atomic E-state index is 11.6. The van der Waals surface area contributed by atoms with Crippen LogP contribution < -0.4 is 10.6 Å². The summed E-state index contributed by atoms with van der Waals surface area (Å²) in [5, 5.41) is 6.82. The molecule has 1 atom stereocenters. The Bertz CT molecular complexity index is 491. The fraction of sp³-hybridized carbons (Fsp3) is 0.944. The van der Waals surface area contributed by atoms with Gasteiger partial charge in [0.15, 0.2) is 5.96 Å². The molecule has 0 amide bonds. The van der Waals surface area contributed by atoms with Crippen molar-refractivity contribution < 1.29 is 8.42 Å². The first-order chi connectivity index (χ1) is 11.9. The summed E-state index contributed by atoms with van der Waals surface area (Å²) in [6, 6.07) is 0.418. The van der Waals surface area contributed by atoms with Gasteiger partial charge in [-0.1, -0.05) is 32.6 Å². The van der Waals surface area contributed by atoms with E-state index in [1.165, 1.54) is 31.9 Å². The van der Waals surface area contributed by atoms with Gasteiger partial charge in [-0.3, -0.25) is 4.99 Å². The highest BCUT2D eigenvalue weighted by Gasteiger charge is 2.24. The highest BCUT2D eigenvalue weighted by molar-refractivity contribution is 14.0. The number of nitrogens with zero attached hydrogens (tertiary/aromatic N) is 2. The molecule has 0 radical (unpaired) electrons. The van der Waals surface area contributed by atoms with Crippen molar-refractivity contribution in [1.29, 1.82) is 0 Å². The van der Waals surface area contributed by atoms with Crippen LogP contribution in [0.25, 0.3) is 0 Å². The van der Waals surface area contributed by atoms with Crippen LogP contribution in [0.4, 0.5) is 0 Å². The number of unbranched alkanes of at least 4 members (excludes halogenated alkanes) is 3. The summed E-state index contributed by atoms with van der Waals surface area (Å²) < 4.78 is 24.7. The largest absolute Gasteiger partial charge is 0.357 e. The molecule has 0 aromatic heterocycles. The average molecular weight is 503 g/mol. The Hall–Kier alpha value is -0.0900. The van der Waals surface area contributed by atoms with Gasteiger partial charge in [0.2, 0.25) is 10.0 Å². The Balaban J connectivity index is 0.00000625. The Morgan fingerprint density at radius 1 is 1.19 bits per heavy atom. The van der Waals surface area contributed by atoms with Gasteiger partial charge < -0.3 is 10.6 Å². The van der Waals surface area contributed by atoms with E-state index in [0.29, 0.717) is 25.0 Å². The van der Waals surface area contributed by atoms with Crippen LogP contribution in [0.15, 0.2) is 4.99 Å². The third-order valence-corrected chi connectivity index (χ3v) is 6.07. The van der Waals surface area contributed by atoms with Crippen LogP contribution in [-0.4, -0.2) is 57.2 Å². The van der Waals surface area contributed by atoms with Crippen LogP contribution in [0.2, 0.25) is 0 Å². The number of rotatable bonds is 10. The molecular weight excluding hydrogens is 463 g/mol. The normalized spacial score (nSPS) is 18.2. The summed E-state index contributed by atoms with van der Waals surface area (Å²) in [5.74, 6) is 1.35. The van der Waals surface area contributed by atoms with Gasteiger partial charge in [0.05, 0.1) is 6.26 Å². The summed E-state index contributed by atoms with van der Waals surface area (Å²) in [6.45, 7) is 9.37. The first-order valence-electron chi connectivity index (χ1n) is 9.86. The molecule has 1 aliphatic heterocycles. The molecule has 1 unspecified atom stereocenters. The maximum absolute atomic E-state index is 11.6. The third kappa shape index (κ3) is 10.9. The highest BCUT2D eigenvalue weighted by atomic mass is 127. The number of hydrogen-bond acceptors (Lipinski definition) is 3. The van der Waals surface area contributed by atoms with Crippen molar-refractivity contribution in [1.82, 2.24) is 14.9 Å². The molecule has 0 spiro atoms. The summed E-state index contributed by atoms with van der Waals surface area (Å²) in [5.41, 5.74) is 0. The molecule has 1 aliphatic rings. The second-order valence-electron chi connectivity index (χ2n) is 7.22. The topological polar surface area (TPSA) is 73.8 Å². The number of guanidine groups is 1. The van der Waals surface area contributed by atoms with Crippen molar-refractivity contribution in [2.24, 2.45) is 10.9 Å². The summed E-state index contributed by atoms with van der Waals surface area (Å²) in [6.07, 6.45) is 9.38. The predicted octanol–water partition coefficient (Wildman–Crippen LogP) is 3.19. The maximum Gasteiger partial charge on any atom is 0.211 e. The Morgan fingerprint density at radius 3 is 2.38 bits per heavy atom. The molecule has 1 saturated heterocycles. The van der Waals surface area contributed by atoms with Gasteiger partial charge >= 0.3 is 0 Å². The van der Waals surface area contributed by atoms with Crippen molar-refractivity contribution >= 4 is 40.0 Å². The number of piperidine rings is 1. The number of aliphatic imine (C=N–C) groups is 1. The molecular formula is C18H39IN4O2S. The second kappa shape index (κ2) is 14.0. The van der Waals surface area contributed by atoms with E-state index in [9.17, 15) is 8.42 Å². The molecule has 1 fully saturated rings. The summed E-state index contributed by atoms with van der Waals surface area (Å²) >= 11 is 0. The molecule has 8 heteroatoms. The van der Waals surface area contributed by atoms with Gasteiger partial charge in [-0.2, -0.15) is 0 Å². The summed E-state index contributed by atoms with van der Waals surface area (Å²) in [4.78, 5) is 4.74. The molecule has 0 aliphatic carbocycles. The monoisotopic (exact) mass is 502 g/mol. The lowest BCUT2D eigenvalue weighted by atomic mass is 9.98. The van der Waals surface area contributed by atoms with Gasteiger partial charge in [-0.15, -0.1) is 24.0 Å². The fourth-order valence-electron chi connectivity index (χ4n) is 3.15. The van der Waals surface area contributed by atoms with E-state index >= 15 is 0 Å². The van der Waals surface area contributed by atoms with Crippen LogP contribution in [-0.2, 0) is 10.0 Å². The minimum atomic E-state index is -3.05. The third-order valence-electron chi connectivity index (χ3n) is 4.77. The number of nitrogens with one attached hydrogen (secondary N) is 2. The standard InChI is InChI=1S/C18H38N4O2S.HI/c1-5-7-8-9-10-16(3)21-18(19-6-2)20-15-17-11-13-22(14-12-17)25(4,23)24;/h16-17H,5-15H2,1-4H3,(H2,19,20,21);1H. The highest BCUT2D eigenvalue weighted by Crippen LogP contribution is 2.19. The minimum absolute atomic E-state index is 0. The van der Waals surface area contributed by atoms with Gasteiger partial charge in [0, 0.05) is 32.2 Å². The van der Waals surface area contributed by atoms with Crippen molar-refractivity contribution in [3.05, 3.63) is 0 Å². The number of sulfonamides is 1. The van der Waals surface area contributed by atoms with E-state index in [4.69, 9.17) is 4.99 Å². The first kappa shape index (κ1) is 25.9. The zero-order valence-electron chi connectivity index (χ0n) is 17.0. The molecule has 1 heterocycles. The lowest BCUT2D eigenvalue weighted by molar-refractivity contribution is 0.280. The number of halogens is 1. The van der Waals surface area contributed by atoms with Crippen LogP contribution >= 0.6 is 24.0 Å². The predicted molar refractivity (Wildman–Crippen MR) is 122 cm³/mol. The van der Waals surface area contributed by atoms with Crippen molar-refractivity contribution in [2.45, 2.75) is 71.8 Å². The lowest BCUT2D eigenvalue weighted by Gasteiger charge is -2.29. The zero-order chi connectivity index (χ0) is 18.7. The van der Waals surface area contributed by atoms with E-state index in [1.807, 2.05) is 0 Å². The Morgan fingerprint density at radius 2 is 1.85 bits per heavy atom. The smallest absolute Gasteiger partial charge is 0.211 e. The fourth-order valence-corrected chi connectivity index (χ4v) is 4.02. The molecule has 0 bridgehead atoms. The SMILES string of the molecule is CCCCCCC(C)NC(=NCC1CCN(S(C)(=O)=O)CC1)NCC.I. The molecule has 26 heavy (non-hydrogen) atoms. The summed E-state index contributed by atoms with van der Waals surface area (Å²) in [7, 11) is -3.05. The molecule has 0 saturated carbocycles. The zero-order valence-corrected chi connectivity index (χ0v) is 20.1. The average Bonchev–Trinajstić information content (AvgIpc) is 2.56. The molecule has 0 aromatic rings. The van der Waals surface area contributed by atoms with E-state index in [0.717, 1.165) is 38.3 Å². The number of hydrogen-bond donors (Lipinski definition) is 2. The minimum Gasteiger partial charge on any atom is -0.357 e. The van der Waals surface area contributed by atoms with Crippen LogP contribution in [0, 0.1) is 5.92 Å². The lowest BCUT2D eigenvalue weighted by Crippen LogP contribution is -2.43. The molecule has 156 valence electrons.